The Labute approximate surface area is 110 Å². The van der Waals surface area contributed by atoms with Crippen LogP contribution in [0.1, 0.15) is 21.5 Å². The molecule has 0 amide bonds. The minimum Gasteiger partial charge on any atom is -0.454 e. The van der Waals surface area contributed by atoms with Crippen LogP contribution >= 0.6 is 0 Å². The third-order valence-electron chi connectivity index (χ3n) is 3.40. The van der Waals surface area contributed by atoms with Gasteiger partial charge in [-0.25, -0.2) is 0 Å². The number of ether oxygens (including phenoxy) is 2. The lowest BCUT2D eigenvalue weighted by molar-refractivity contribution is 0.104. The fourth-order valence-corrected chi connectivity index (χ4v) is 2.42. The van der Waals surface area contributed by atoms with Gasteiger partial charge in [-0.2, -0.15) is 0 Å². The van der Waals surface area contributed by atoms with E-state index in [1.54, 1.807) is 6.07 Å². The number of carbonyl (C=O) groups excluding carboxylic acids is 1. The topological polar surface area (TPSA) is 35.5 Å². The standard InChI is InChI=1S/C16H10O3/c17-16-12(6-10-4-2-1-3-5-10)11-7-14-15(8-13(11)16)19-9-18-14/h1-8H,9H2/b12-6-. The maximum atomic E-state index is 12.1. The third-order valence-corrected chi connectivity index (χ3v) is 3.40. The van der Waals surface area contributed by atoms with E-state index in [0.717, 1.165) is 16.7 Å². The zero-order chi connectivity index (χ0) is 12.8. The molecule has 1 aliphatic carbocycles. The van der Waals surface area contributed by atoms with Gasteiger partial charge in [-0.1, -0.05) is 30.3 Å². The first-order chi connectivity index (χ1) is 9.33. The lowest BCUT2D eigenvalue weighted by Crippen LogP contribution is -2.17. The number of fused-ring (bicyclic) bond motifs is 2. The van der Waals surface area contributed by atoms with Crippen molar-refractivity contribution in [3.05, 3.63) is 59.2 Å². The number of allylic oxidation sites excluding steroid dienone is 1. The molecule has 4 rings (SSSR count). The highest BCUT2D eigenvalue weighted by Gasteiger charge is 2.33. The highest BCUT2D eigenvalue weighted by atomic mass is 16.7. The molecule has 0 radical (unpaired) electrons. The molecule has 0 fully saturated rings. The average Bonchev–Trinajstić information content (AvgIpc) is 2.92. The second-order valence-electron chi connectivity index (χ2n) is 4.55. The zero-order valence-electron chi connectivity index (χ0n) is 10.1. The predicted molar refractivity (Wildman–Crippen MR) is 71.2 cm³/mol. The fourth-order valence-electron chi connectivity index (χ4n) is 2.42. The first kappa shape index (κ1) is 10.4. The van der Waals surface area contributed by atoms with E-state index in [1.807, 2.05) is 42.5 Å². The number of hydrogen-bond acceptors (Lipinski definition) is 3. The van der Waals surface area contributed by atoms with Gasteiger partial charge in [0.15, 0.2) is 17.3 Å². The van der Waals surface area contributed by atoms with Gasteiger partial charge in [-0.3, -0.25) is 4.79 Å². The normalized spacial score (nSPS) is 17.3. The van der Waals surface area contributed by atoms with E-state index in [2.05, 4.69) is 0 Å². The Hall–Kier alpha value is -2.55. The van der Waals surface area contributed by atoms with Gasteiger partial charge < -0.3 is 9.47 Å². The van der Waals surface area contributed by atoms with Gasteiger partial charge in [-0.15, -0.1) is 0 Å². The van der Waals surface area contributed by atoms with Gasteiger partial charge >= 0.3 is 0 Å². The highest BCUT2D eigenvalue weighted by molar-refractivity contribution is 6.42. The average molecular weight is 250 g/mol. The van der Waals surface area contributed by atoms with Crippen LogP contribution in [-0.2, 0) is 0 Å². The largest absolute Gasteiger partial charge is 0.454 e. The Balaban J connectivity index is 1.81. The number of Topliss-reactive ketones (excluding diaryl/α,β-unsaturated/α-hetero) is 1. The summed E-state index contributed by atoms with van der Waals surface area (Å²) in [6, 6.07) is 13.5. The molecule has 1 aliphatic heterocycles. The van der Waals surface area contributed by atoms with Crippen LogP contribution < -0.4 is 9.47 Å². The second kappa shape index (κ2) is 3.72. The molecule has 2 aromatic rings. The van der Waals surface area contributed by atoms with Crippen molar-refractivity contribution >= 4 is 17.4 Å². The summed E-state index contributed by atoms with van der Waals surface area (Å²) in [5.41, 5.74) is 3.42. The lowest BCUT2D eigenvalue weighted by atomic mass is 9.80. The molecule has 0 aromatic heterocycles. The lowest BCUT2D eigenvalue weighted by Gasteiger charge is -2.21. The van der Waals surface area contributed by atoms with Crippen LogP contribution in [0.2, 0.25) is 0 Å². The Morgan fingerprint density at radius 2 is 1.63 bits per heavy atom. The summed E-state index contributed by atoms with van der Waals surface area (Å²) < 4.78 is 10.6. The second-order valence-corrected chi connectivity index (χ2v) is 4.55. The molecule has 1 heterocycles. The van der Waals surface area contributed by atoms with Gasteiger partial charge in [0.2, 0.25) is 6.79 Å². The molecule has 0 spiro atoms. The van der Waals surface area contributed by atoms with Crippen molar-refractivity contribution in [1.82, 2.24) is 0 Å². The van der Waals surface area contributed by atoms with Crippen molar-refractivity contribution in [2.45, 2.75) is 0 Å². The maximum absolute atomic E-state index is 12.1. The van der Waals surface area contributed by atoms with E-state index >= 15 is 0 Å². The number of carbonyl (C=O) groups is 1. The molecule has 92 valence electrons. The Morgan fingerprint density at radius 3 is 2.37 bits per heavy atom. The molecule has 2 aliphatic rings. The SMILES string of the molecule is O=C1/C(=C\c2ccccc2)c2cc3c(cc21)OCO3. The minimum atomic E-state index is 0.0668. The molecular weight excluding hydrogens is 240 g/mol. The zero-order valence-corrected chi connectivity index (χ0v) is 10.1. The fraction of sp³-hybridized carbons (Fsp3) is 0.0625. The van der Waals surface area contributed by atoms with E-state index in [9.17, 15) is 4.79 Å². The molecule has 0 unspecified atom stereocenters. The maximum Gasteiger partial charge on any atom is 0.231 e. The number of rotatable bonds is 1. The van der Waals surface area contributed by atoms with E-state index in [1.165, 1.54) is 0 Å². The van der Waals surface area contributed by atoms with Crippen LogP contribution in [0, 0.1) is 0 Å². The summed E-state index contributed by atoms with van der Waals surface area (Å²) >= 11 is 0. The van der Waals surface area contributed by atoms with Crippen LogP contribution in [0.3, 0.4) is 0 Å². The monoisotopic (exact) mass is 250 g/mol. The molecule has 3 heteroatoms. The van der Waals surface area contributed by atoms with Gasteiger partial charge in [0.25, 0.3) is 0 Å². The summed E-state index contributed by atoms with van der Waals surface area (Å²) in [6.45, 7) is 0.226. The van der Waals surface area contributed by atoms with Crippen molar-refractivity contribution in [3.8, 4) is 11.5 Å². The van der Waals surface area contributed by atoms with Crippen molar-refractivity contribution in [3.63, 3.8) is 0 Å². The molecule has 0 saturated heterocycles. The number of hydrogen-bond donors (Lipinski definition) is 0. The molecule has 0 bridgehead atoms. The molecule has 3 nitrogen and oxygen atoms in total. The molecule has 0 N–H and O–H groups in total. The number of benzene rings is 2. The van der Waals surface area contributed by atoms with Gasteiger partial charge in [-0.05, 0) is 23.8 Å². The van der Waals surface area contributed by atoms with Crippen LogP contribution in [0.25, 0.3) is 11.6 Å². The van der Waals surface area contributed by atoms with E-state index in [-0.39, 0.29) is 12.6 Å². The van der Waals surface area contributed by atoms with Crippen LogP contribution in [0.15, 0.2) is 42.5 Å². The van der Waals surface area contributed by atoms with Crippen LogP contribution in [0.4, 0.5) is 0 Å². The summed E-state index contributed by atoms with van der Waals surface area (Å²) in [6.07, 6.45) is 1.91. The Morgan fingerprint density at radius 1 is 0.947 bits per heavy atom. The van der Waals surface area contributed by atoms with Crippen molar-refractivity contribution in [1.29, 1.82) is 0 Å². The predicted octanol–water partition coefficient (Wildman–Crippen LogP) is 3.15. The molecule has 19 heavy (non-hydrogen) atoms. The van der Waals surface area contributed by atoms with Gasteiger partial charge in [0, 0.05) is 16.7 Å². The summed E-state index contributed by atoms with van der Waals surface area (Å²) in [5, 5.41) is 0. The van der Waals surface area contributed by atoms with Gasteiger partial charge in [0.1, 0.15) is 0 Å². The molecular formula is C16H10O3. The minimum absolute atomic E-state index is 0.0668. The number of ketones is 1. The van der Waals surface area contributed by atoms with Crippen molar-refractivity contribution in [2.24, 2.45) is 0 Å². The van der Waals surface area contributed by atoms with Crippen LogP contribution in [0.5, 0.6) is 11.5 Å². The Bertz CT molecular complexity index is 714. The Kier molecular flexibility index (Phi) is 2.03. The van der Waals surface area contributed by atoms with Gasteiger partial charge in [0.05, 0.1) is 0 Å². The first-order valence-corrected chi connectivity index (χ1v) is 6.08. The summed E-state index contributed by atoms with van der Waals surface area (Å²) in [4.78, 5) is 12.1. The first-order valence-electron chi connectivity index (χ1n) is 6.08. The van der Waals surface area contributed by atoms with Crippen molar-refractivity contribution in [2.75, 3.05) is 6.79 Å². The quantitative estimate of drug-likeness (QED) is 0.729. The highest BCUT2D eigenvalue weighted by Crippen LogP contribution is 2.44. The molecule has 2 aromatic carbocycles. The summed E-state index contributed by atoms with van der Waals surface area (Å²) in [5.74, 6) is 1.44. The summed E-state index contributed by atoms with van der Waals surface area (Å²) in [7, 11) is 0. The van der Waals surface area contributed by atoms with E-state index in [0.29, 0.717) is 17.1 Å². The smallest absolute Gasteiger partial charge is 0.231 e. The molecule has 0 atom stereocenters. The molecule has 0 saturated carbocycles. The third kappa shape index (κ3) is 1.48. The van der Waals surface area contributed by atoms with Crippen LogP contribution in [-0.4, -0.2) is 12.6 Å². The van der Waals surface area contributed by atoms with E-state index < -0.39 is 0 Å². The van der Waals surface area contributed by atoms with E-state index in [4.69, 9.17) is 9.47 Å². The van der Waals surface area contributed by atoms with Crippen molar-refractivity contribution < 1.29 is 14.3 Å².